The van der Waals surface area contributed by atoms with Gasteiger partial charge in [0, 0.05) is 10.5 Å². The molecule has 0 unspecified atom stereocenters. The lowest BCUT2D eigenvalue weighted by atomic mass is 10.2. The Hall–Kier alpha value is -4.03. The topological polar surface area (TPSA) is 133 Å². The molecule has 3 aromatic rings. The van der Waals surface area contributed by atoms with Crippen LogP contribution in [0.1, 0.15) is 11.1 Å². The van der Waals surface area contributed by atoms with Gasteiger partial charge in [0.25, 0.3) is 16.8 Å². The number of benzene rings is 3. The normalized spacial score (nSPS) is 14.4. The zero-order valence-electron chi connectivity index (χ0n) is 17.6. The molecule has 0 radical (unpaired) electrons. The fourth-order valence-corrected chi connectivity index (χ4v) is 4.48. The summed E-state index contributed by atoms with van der Waals surface area (Å²) >= 11 is 4.22. The van der Waals surface area contributed by atoms with Gasteiger partial charge in [-0.05, 0) is 53.2 Å². The van der Waals surface area contributed by atoms with E-state index in [0.29, 0.717) is 5.56 Å². The molecule has 0 bridgehead atoms. The summed E-state index contributed by atoms with van der Waals surface area (Å²) in [5, 5.41) is 21.9. The van der Waals surface area contributed by atoms with Crippen molar-refractivity contribution in [2.75, 3.05) is 0 Å². The number of thioether (sulfide) groups is 1. The summed E-state index contributed by atoms with van der Waals surface area (Å²) in [7, 11) is 0. The number of non-ortho nitro benzene ring substituents is 1. The summed E-state index contributed by atoms with van der Waals surface area (Å²) in [6.07, 6.45) is 1.53. The molecule has 4 rings (SSSR count). The molecular weight excluding hydrogens is 542 g/mol. The summed E-state index contributed by atoms with van der Waals surface area (Å²) in [6, 6.07) is 16.7. The van der Waals surface area contributed by atoms with Crippen LogP contribution in [0, 0.1) is 20.2 Å². The molecule has 12 heteroatoms. The highest BCUT2D eigenvalue weighted by molar-refractivity contribution is 9.10. The minimum absolute atomic E-state index is 0.121. The van der Waals surface area contributed by atoms with Crippen molar-refractivity contribution in [3.05, 3.63) is 107 Å². The number of ether oxygens (including phenoxy) is 1. The van der Waals surface area contributed by atoms with Crippen LogP contribution >= 0.6 is 27.7 Å². The van der Waals surface area contributed by atoms with Crippen LogP contribution in [-0.4, -0.2) is 25.9 Å². The fourth-order valence-electron chi connectivity index (χ4n) is 3.23. The summed E-state index contributed by atoms with van der Waals surface area (Å²) in [6.45, 7) is 0.121. The molecule has 176 valence electrons. The monoisotopic (exact) mass is 555 g/mol. The molecule has 0 aromatic heterocycles. The lowest BCUT2D eigenvalue weighted by Crippen LogP contribution is -2.27. The number of nitro groups is 2. The molecule has 0 saturated carbocycles. The average Bonchev–Trinajstić information content (AvgIpc) is 3.08. The first kappa shape index (κ1) is 24.1. The minimum atomic E-state index is -0.771. The molecule has 1 aliphatic rings. The van der Waals surface area contributed by atoms with Crippen LogP contribution < -0.4 is 4.74 Å². The first-order valence-electron chi connectivity index (χ1n) is 9.92. The molecule has 0 aliphatic carbocycles. The predicted molar refractivity (Wildman–Crippen MR) is 132 cm³/mol. The molecule has 1 saturated heterocycles. The van der Waals surface area contributed by atoms with Crippen molar-refractivity contribution in [3.63, 3.8) is 0 Å². The Morgan fingerprint density at radius 3 is 2.46 bits per heavy atom. The third-order valence-electron chi connectivity index (χ3n) is 4.89. The van der Waals surface area contributed by atoms with Crippen molar-refractivity contribution in [3.8, 4) is 11.5 Å². The van der Waals surface area contributed by atoms with Crippen LogP contribution in [0.25, 0.3) is 6.08 Å². The molecule has 1 fully saturated rings. The predicted octanol–water partition coefficient (Wildman–Crippen LogP) is 6.29. The Balaban J connectivity index is 1.56. The maximum Gasteiger partial charge on any atom is 0.318 e. The highest BCUT2D eigenvalue weighted by Gasteiger charge is 2.35. The van der Waals surface area contributed by atoms with E-state index in [-0.39, 0.29) is 22.9 Å². The largest absolute Gasteiger partial charge is 0.450 e. The van der Waals surface area contributed by atoms with Crippen LogP contribution in [0.15, 0.2) is 76.1 Å². The van der Waals surface area contributed by atoms with Crippen molar-refractivity contribution in [1.82, 2.24) is 4.90 Å². The molecule has 0 atom stereocenters. The first-order chi connectivity index (χ1) is 16.7. The van der Waals surface area contributed by atoms with Gasteiger partial charge in [0.1, 0.15) is 5.75 Å². The van der Waals surface area contributed by atoms with Crippen molar-refractivity contribution < 1.29 is 24.2 Å². The maximum absolute atomic E-state index is 12.9. The smallest absolute Gasteiger partial charge is 0.318 e. The van der Waals surface area contributed by atoms with Crippen molar-refractivity contribution >= 4 is 56.3 Å². The lowest BCUT2D eigenvalue weighted by Gasteiger charge is -2.13. The van der Waals surface area contributed by atoms with Crippen LogP contribution in [-0.2, 0) is 11.3 Å². The van der Waals surface area contributed by atoms with E-state index in [4.69, 9.17) is 4.74 Å². The Kier molecular flexibility index (Phi) is 6.94. The summed E-state index contributed by atoms with van der Waals surface area (Å²) in [4.78, 5) is 47.5. The molecule has 0 N–H and O–H groups in total. The molecule has 2 amide bonds. The average molecular weight is 556 g/mol. The Bertz CT molecular complexity index is 1410. The van der Waals surface area contributed by atoms with E-state index < -0.39 is 32.4 Å². The van der Waals surface area contributed by atoms with Crippen molar-refractivity contribution in [1.29, 1.82) is 0 Å². The fraction of sp³-hybridized carbons (Fsp3) is 0.0435. The van der Waals surface area contributed by atoms with Gasteiger partial charge in [-0.3, -0.25) is 34.7 Å². The second-order valence-corrected chi connectivity index (χ2v) is 9.05. The second-order valence-electron chi connectivity index (χ2n) is 7.20. The number of carbonyl (C=O) groups excluding carboxylic acids is 2. The van der Waals surface area contributed by atoms with E-state index in [2.05, 4.69) is 15.9 Å². The van der Waals surface area contributed by atoms with E-state index >= 15 is 0 Å². The number of amides is 2. The number of hydrogen-bond donors (Lipinski definition) is 0. The summed E-state index contributed by atoms with van der Waals surface area (Å²) in [5.74, 6) is -0.400. The lowest BCUT2D eigenvalue weighted by molar-refractivity contribution is -0.394. The Labute approximate surface area is 210 Å². The zero-order valence-corrected chi connectivity index (χ0v) is 20.0. The second kappa shape index (κ2) is 10.1. The summed E-state index contributed by atoms with van der Waals surface area (Å²) in [5.41, 5.74) is 0.323. The number of nitrogens with zero attached hydrogens (tertiary/aromatic N) is 3. The van der Waals surface area contributed by atoms with E-state index in [1.54, 1.807) is 18.2 Å². The van der Waals surface area contributed by atoms with Crippen molar-refractivity contribution in [2.24, 2.45) is 0 Å². The molecule has 1 aliphatic heterocycles. The molecule has 10 nitrogen and oxygen atoms in total. The van der Waals surface area contributed by atoms with Crippen LogP contribution in [0.2, 0.25) is 0 Å². The Morgan fingerprint density at radius 2 is 1.74 bits per heavy atom. The Morgan fingerprint density at radius 1 is 0.971 bits per heavy atom. The molecular formula is C23H14BrN3O7S. The summed E-state index contributed by atoms with van der Waals surface area (Å²) < 4.78 is 6.39. The van der Waals surface area contributed by atoms with Gasteiger partial charge >= 0.3 is 5.69 Å². The number of halogens is 1. The first-order valence-corrected chi connectivity index (χ1v) is 11.5. The van der Waals surface area contributed by atoms with Gasteiger partial charge in [-0.1, -0.05) is 46.3 Å². The third kappa shape index (κ3) is 5.39. The molecule has 3 aromatic carbocycles. The van der Waals surface area contributed by atoms with Gasteiger partial charge < -0.3 is 4.74 Å². The van der Waals surface area contributed by atoms with E-state index in [1.165, 1.54) is 12.1 Å². The van der Waals surface area contributed by atoms with Gasteiger partial charge in [0.2, 0.25) is 5.75 Å². The van der Waals surface area contributed by atoms with E-state index in [0.717, 1.165) is 44.9 Å². The quantitative estimate of drug-likeness (QED) is 0.188. The third-order valence-corrected chi connectivity index (χ3v) is 6.57. The SMILES string of the molecule is O=C1S/C(=C\c2cccc(Oc3ccc([N+](=O)[O-])cc3[N+](=O)[O-])c2)C(=O)N1Cc1ccccc1Br. The highest BCUT2D eigenvalue weighted by Crippen LogP contribution is 2.37. The number of rotatable bonds is 7. The number of imide groups is 1. The van der Waals surface area contributed by atoms with E-state index in [1.807, 2.05) is 24.3 Å². The van der Waals surface area contributed by atoms with Crippen LogP contribution in [0.3, 0.4) is 0 Å². The van der Waals surface area contributed by atoms with E-state index in [9.17, 15) is 29.8 Å². The van der Waals surface area contributed by atoms with Crippen LogP contribution in [0.4, 0.5) is 16.2 Å². The number of nitro benzene ring substituents is 2. The molecule has 35 heavy (non-hydrogen) atoms. The maximum atomic E-state index is 12.9. The number of hydrogen-bond acceptors (Lipinski definition) is 8. The zero-order chi connectivity index (χ0) is 25.1. The van der Waals surface area contributed by atoms with Crippen LogP contribution in [0.5, 0.6) is 11.5 Å². The van der Waals surface area contributed by atoms with Crippen molar-refractivity contribution in [2.45, 2.75) is 6.54 Å². The van der Waals surface area contributed by atoms with Gasteiger partial charge in [-0.2, -0.15) is 0 Å². The number of carbonyl (C=O) groups is 2. The van der Waals surface area contributed by atoms with Gasteiger partial charge in [-0.15, -0.1) is 0 Å². The highest BCUT2D eigenvalue weighted by atomic mass is 79.9. The molecule has 1 heterocycles. The van der Waals surface area contributed by atoms with Gasteiger partial charge in [-0.25, -0.2) is 0 Å². The standard InChI is InChI=1S/C23H14BrN3O7S/c24-18-7-2-1-5-15(18)13-25-22(28)21(35-23(25)29)11-14-4-3-6-17(10-14)34-20-9-8-16(26(30)31)12-19(20)27(32)33/h1-12H,13H2/b21-11-. The minimum Gasteiger partial charge on any atom is -0.450 e. The van der Waals surface area contributed by atoms with Gasteiger partial charge in [0.15, 0.2) is 0 Å². The molecule has 0 spiro atoms. The van der Waals surface area contributed by atoms with Gasteiger partial charge in [0.05, 0.1) is 27.4 Å².